The summed E-state index contributed by atoms with van der Waals surface area (Å²) in [7, 11) is 1.45. The quantitative estimate of drug-likeness (QED) is 0.410. The molecule has 0 spiro atoms. The molecule has 0 aliphatic carbocycles. The number of nitrogens with zero attached hydrogens (tertiary/aromatic N) is 1. The van der Waals surface area contributed by atoms with Crippen LogP contribution >= 0.6 is 23.4 Å². The molecule has 0 N–H and O–H groups in total. The van der Waals surface area contributed by atoms with Crippen LogP contribution in [-0.2, 0) is 0 Å². The van der Waals surface area contributed by atoms with Gasteiger partial charge in [-0.05, 0) is 30.0 Å². The molecule has 1 aromatic carbocycles. The van der Waals surface area contributed by atoms with Crippen LogP contribution in [0.1, 0.15) is 50.9 Å². The Hall–Kier alpha value is -1.46. The van der Waals surface area contributed by atoms with Crippen molar-refractivity contribution < 1.29 is 13.9 Å². The predicted molar refractivity (Wildman–Crippen MR) is 107 cm³/mol. The van der Waals surface area contributed by atoms with Crippen molar-refractivity contribution >= 4 is 29.1 Å². The van der Waals surface area contributed by atoms with Crippen LogP contribution in [-0.4, -0.2) is 24.3 Å². The first-order valence-electron chi connectivity index (χ1n) is 8.63. The molecule has 1 aliphatic heterocycles. The van der Waals surface area contributed by atoms with E-state index >= 15 is 4.39 Å². The van der Waals surface area contributed by atoms with Gasteiger partial charge in [-0.1, -0.05) is 57.5 Å². The first-order chi connectivity index (χ1) is 12.2. The Balaban J connectivity index is 2.43. The molecule has 3 nitrogen and oxygen atoms in total. The highest BCUT2D eigenvalue weighted by molar-refractivity contribution is 8.07. The van der Waals surface area contributed by atoms with Crippen molar-refractivity contribution in [3.8, 4) is 5.75 Å². The van der Waals surface area contributed by atoms with Gasteiger partial charge >= 0.3 is 0 Å². The maximum Gasteiger partial charge on any atom is 0.227 e. The monoisotopic (exact) mass is 397 g/mol. The Bertz CT molecular complexity index is 753. The van der Waals surface area contributed by atoms with E-state index in [9.17, 15) is 4.79 Å². The molecule has 142 valence electrons. The van der Waals surface area contributed by atoms with Gasteiger partial charge in [0, 0.05) is 22.7 Å². The van der Waals surface area contributed by atoms with Crippen LogP contribution in [0.4, 0.5) is 4.39 Å². The van der Waals surface area contributed by atoms with Gasteiger partial charge in [0.05, 0.1) is 12.7 Å². The minimum Gasteiger partial charge on any atom is -0.496 e. The van der Waals surface area contributed by atoms with E-state index in [1.165, 1.54) is 24.9 Å². The third-order valence-corrected chi connectivity index (χ3v) is 5.81. The van der Waals surface area contributed by atoms with E-state index in [-0.39, 0.29) is 11.0 Å². The van der Waals surface area contributed by atoms with Crippen molar-refractivity contribution in [3.63, 3.8) is 0 Å². The Kier molecular flexibility index (Phi) is 6.80. The number of allylic oxidation sites excluding steroid dienone is 2. The van der Waals surface area contributed by atoms with Crippen LogP contribution < -0.4 is 4.74 Å². The third kappa shape index (κ3) is 4.63. The first kappa shape index (κ1) is 20.8. The summed E-state index contributed by atoms with van der Waals surface area (Å²) in [4.78, 5) is 15.7. The van der Waals surface area contributed by atoms with Gasteiger partial charge in [-0.15, -0.1) is 0 Å². The van der Waals surface area contributed by atoms with E-state index in [0.717, 1.165) is 17.7 Å². The molecule has 0 atom stereocenters. The largest absolute Gasteiger partial charge is 0.496 e. The SMILES string of the molecule is CCCCN1C=C(C(C)(C)C)SC1=C(F)C(=O)c1cc(Cl)ccc1OC. The van der Waals surface area contributed by atoms with E-state index in [4.69, 9.17) is 16.3 Å². The minimum atomic E-state index is -0.776. The number of carbonyl (C=O) groups is 1. The lowest BCUT2D eigenvalue weighted by molar-refractivity contribution is 0.0998. The fourth-order valence-corrected chi connectivity index (χ4v) is 3.78. The van der Waals surface area contributed by atoms with Crippen molar-refractivity contribution in [2.75, 3.05) is 13.7 Å². The number of hydrogen-bond donors (Lipinski definition) is 0. The second-order valence-electron chi connectivity index (χ2n) is 7.19. The standard InChI is InChI=1S/C20H25ClFNO2S/c1-6-7-10-23-12-16(20(2,3)4)26-19(23)17(22)18(24)14-11-13(21)8-9-15(14)25-5/h8-9,11-12H,6-7,10H2,1-5H3. The number of ether oxygens (including phenoxy) is 1. The topological polar surface area (TPSA) is 29.5 Å². The zero-order valence-electron chi connectivity index (χ0n) is 15.9. The summed E-state index contributed by atoms with van der Waals surface area (Å²) in [6.07, 6.45) is 3.86. The number of benzene rings is 1. The highest BCUT2D eigenvalue weighted by Gasteiger charge is 2.32. The second-order valence-corrected chi connectivity index (χ2v) is 8.65. The molecular formula is C20H25ClFNO2S. The molecule has 1 heterocycles. The Morgan fingerprint density at radius 2 is 2.04 bits per heavy atom. The number of halogens is 2. The van der Waals surface area contributed by atoms with E-state index in [2.05, 4.69) is 27.7 Å². The van der Waals surface area contributed by atoms with Gasteiger partial charge in [0.2, 0.25) is 11.6 Å². The summed E-state index contributed by atoms with van der Waals surface area (Å²) in [6.45, 7) is 8.98. The zero-order chi connectivity index (χ0) is 19.5. The van der Waals surface area contributed by atoms with Crippen molar-refractivity contribution in [1.82, 2.24) is 4.90 Å². The summed E-state index contributed by atoms with van der Waals surface area (Å²) < 4.78 is 20.4. The molecule has 0 aromatic heterocycles. The van der Waals surface area contributed by atoms with E-state index in [0.29, 0.717) is 22.3 Å². The molecule has 0 saturated carbocycles. The lowest BCUT2D eigenvalue weighted by atomic mass is 9.96. The van der Waals surface area contributed by atoms with Crippen LogP contribution in [0.5, 0.6) is 5.75 Å². The average Bonchev–Trinajstić information content (AvgIpc) is 3.03. The second kappa shape index (κ2) is 8.49. The number of thioether (sulfide) groups is 1. The number of carbonyl (C=O) groups excluding carboxylic acids is 1. The van der Waals surface area contributed by atoms with Crippen LogP contribution in [0.2, 0.25) is 5.02 Å². The molecule has 0 radical (unpaired) electrons. The van der Waals surface area contributed by atoms with Gasteiger partial charge in [-0.25, -0.2) is 0 Å². The molecule has 26 heavy (non-hydrogen) atoms. The van der Waals surface area contributed by atoms with Crippen LogP contribution in [0.15, 0.2) is 40.2 Å². The highest BCUT2D eigenvalue weighted by Crippen LogP contribution is 2.47. The summed E-state index contributed by atoms with van der Waals surface area (Å²) >= 11 is 7.31. The summed E-state index contributed by atoms with van der Waals surface area (Å²) in [5, 5.41) is 0.706. The third-order valence-electron chi connectivity index (χ3n) is 4.03. The molecule has 0 unspecified atom stereocenters. The maximum atomic E-state index is 15.2. The number of unbranched alkanes of at least 4 members (excludes halogenated alkanes) is 1. The van der Waals surface area contributed by atoms with Crippen molar-refractivity contribution in [2.24, 2.45) is 5.41 Å². The normalized spacial score (nSPS) is 16.6. The molecular weight excluding hydrogens is 373 g/mol. The summed E-state index contributed by atoms with van der Waals surface area (Å²) in [5.74, 6) is -1.18. The van der Waals surface area contributed by atoms with Crippen molar-refractivity contribution in [3.05, 3.63) is 50.7 Å². The van der Waals surface area contributed by atoms with Gasteiger partial charge in [0.1, 0.15) is 10.8 Å². The van der Waals surface area contributed by atoms with Crippen molar-refractivity contribution in [2.45, 2.75) is 40.5 Å². The van der Waals surface area contributed by atoms with Crippen LogP contribution in [0.25, 0.3) is 0 Å². The van der Waals surface area contributed by atoms with Crippen molar-refractivity contribution in [1.29, 1.82) is 0 Å². The molecule has 0 amide bonds. The average molecular weight is 398 g/mol. The minimum absolute atomic E-state index is 0.117. The Morgan fingerprint density at radius 3 is 2.62 bits per heavy atom. The van der Waals surface area contributed by atoms with Gasteiger partial charge in [0.25, 0.3) is 0 Å². The van der Waals surface area contributed by atoms with Crippen LogP contribution in [0, 0.1) is 5.41 Å². The molecule has 6 heteroatoms. The first-order valence-corrected chi connectivity index (χ1v) is 9.83. The van der Waals surface area contributed by atoms with Gasteiger partial charge < -0.3 is 9.64 Å². The van der Waals surface area contributed by atoms with E-state index in [1.807, 2.05) is 11.1 Å². The molecule has 1 aromatic rings. The number of Topliss-reactive ketones (excluding diaryl/α,β-unsaturated/α-hetero) is 1. The molecule has 0 saturated heterocycles. The smallest absolute Gasteiger partial charge is 0.227 e. The molecule has 0 fully saturated rings. The lowest BCUT2D eigenvalue weighted by Crippen LogP contribution is -2.17. The predicted octanol–water partition coefficient (Wildman–Crippen LogP) is 6.41. The van der Waals surface area contributed by atoms with Gasteiger partial charge in [-0.2, -0.15) is 4.39 Å². The number of methoxy groups -OCH3 is 1. The summed E-state index contributed by atoms with van der Waals surface area (Å²) in [5.41, 5.74) is 0.0128. The fourth-order valence-electron chi connectivity index (χ4n) is 2.47. The molecule has 1 aliphatic rings. The van der Waals surface area contributed by atoms with E-state index < -0.39 is 11.6 Å². The Morgan fingerprint density at radius 1 is 1.35 bits per heavy atom. The number of ketones is 1. The fraction of sp³-hybridized carbons (Fsp3) is 0.450. The number of hydrogen-bond acceptors (Lipinski definition) is 4. The highest BCUT2D eigenvalue weighted by atomic mass is 35.5. The number of rotatable bonds is 6. The Labute approximate surface area is 164 Å². The van der Waals surface area contributed by atoms with Crippen LogP contribution in [0.3, 0.4) is 0 Å². The van der Waals surface area contributed by atoms with Gasteiger partial charge in [0.15, 0.2) is 0 Å². The van der Waals surface area contributed by atoms with Gasteiger partial charge in [-0.3, -0.25) is 4.79 Å². The lowest BCUT2D eigenvalue weighted by Gasteiger charge is -2.18. The zero-order valence-corrected chi connectivity index (χ0v) is 17.4. The van der Waals surface area contributed by atoms with E-state index in [1.54, 1.807) is 12.1 Å². The molecule has 2 rings (SSSR count). The summed E-state index contributed by atoms with van der Waals surface area (Å²) in [6, 6.07) is 4.62. The molecule has 0 bridgehead atoms. The maximum absolute atomic E-state index is 15.2.